The standard InChI is InChI=1S/C17H29N3OS/c1-4-20(5-2)13-16(21)18-12-14-8-6-10-19(3)17(14)15-9-7-11-22-15/h7,9,11,14,17H,4-6,8,10,12-13H2,1-3H3,(H,18,21)/t14-,17+/m1/s1. The first-order chi connectivity index (χ1) is 10.7. The minimum absolute atomic E-state index is 0.154. The van der Waals surface area contributed by atoms with Crippen LogP contribution in [0.15, 0.2) is 17.5 Å². The molecule has 5 heteroatoms. The molecule has 1 fully saturated rings. The number of hydrogen-bond donors (Lipinski definition) is 1. The number of carbonyl (C=O) groups excluding carboxylic acids is 1. The van der Waals surface area contributed by atoms with E-state index in [9.17, 15) is 4.79 Å². The molecule has 0 bridgehead atoms. The maximum Gasteiger partial charge on any atom is 0.234 e. The first-order valence-corrected chi connectivity index (χ1v) is 9.26. The van der Waals surface area contributed by atoms with Gasteiger partial charge in [-0.15, -0.1) is 11.3 Å². The third kappa shape index (κ3) is 4.54. The zero-order valence-electron chi connectivity index (χ0n) is 14.0. The monoisotopic (exact) mass is 323 g/mol. The molecule has 1 saturated heterocycles. The smallest absolute Gasteiger partial charge is 0.234 e. The summed E-state index contributed by atoms with van der Waals surface area (Å²) in [5.74, 6) is 0.667. The fraction of sp³-hybridized carbons (Fsp3) is 0.706. The highest BCUT2D eigenvalue weighted by molar-refractivity contribution is 7.10. The zero-order valence-corrected chi connectivity index (χ0v) is 14.9. The summed E-state index contributed by atoms with van der Waals surface area (Å²) in [4.78, 5) is 18.1. The van der Waals surface area contributed by atoms with Gasteiger partial charge in [0.15, 0.2) is 0 Å². The topological polar surface area (TPSA) is 35.6 Å². The summed E-state index contributed by atoms with van der Waals surface area (Å²) in [5, 5.41) is 5.31. The molecule has 1 aliphatic heterocycles. The molecule has 1 aromatic rings. The van der Waals surface area contributed by atoms with Gasteiger partial charge in [-0.2, -0.15) is 0 Å². The summed E-state index contributed by atoms with van der Waals surface area (Å²) in [7, 11) is 2.20. The number of nitrogens with one attached hydrogen (secondary N) is 1. The Morgan fingerprint density at radius 3 is 2.86 bits per heavy atom. The van der Waals surface area contributed by atoms with Crippen molar-refractivity contribution in [3.63, 3.8) is 0 Å². The van der Waals surface area contributed by atoms with Crippen LogP contribution in [0.3, 0.4) is 0 Å². The van der Waals surface area contributed by atoms with Crippen LogP contribution in [-0.4, -0.2) is 55.5 Å². The summed E-state index contributed by atoms with van der Waals surface area (Å²) in [6.45, 7) is 8.49. The first-order valence-electron chi connectivity index (χ1n) is 8.38. The van der Waals surface area contributed by atoms with Crippen LogP contribution in [0.1, 0.15) is 37.6 Å². The highest BCUT2D eigenvalue weighted by atomic mass is 32.1. The molecule has 1 amide bonds. The van der Waals surface area contributed by atoms with Crippen molar-refractivity contribution in [1.82, 2.24) is 15.1 Å². The third-order valence-electron chi connectivity index (χ3n) is 4.66. The molecule has 2 atom stereocenters. The van der Waals surface area contributed by atoms with Crippen molar-refractivity contribution in [3.8, 4) is 0 Å². The number of carbonyl (C=O) groups is 1. The fourth-order valence-corrected chi connectivity index (χ4v) is 4.32. The molecule has 2 rings (SSSR count). The summed E-state index contributed by atoms with van der Waals surface area (Å²) in [6.07, 6.45) is 2.41. The Balaban J connectivity index is 1.91. The van der Waals surface area contributed by atoms with E-state index in [2.05, 4.69) is 53.5 Å². The number of amides is 1. The molecule has 0 unspecified atom stereocenters. The molecule has 1 aromatic heterocycles. The van der Waals surface area contributed by atoms with Gasteiger partial charge < -0.3 is 5.32 Å². The lowest BCUT2D eigenvalue weighted by atomic mass is 9.88. The van der Waals surface area contributed by atoms with E-state index >= 15 is 0 Å². The van der Waals surface area contributed by atoms with Crippen LogP contribution in [-0.2, 0) is 4.79 Å². The molecule has 0 saturated carbocycles. The molecule has 1 aliphatic rings. The van der Waals surface area contributed by atoms with Gasteiger partial charge in [0.05, 0.1) is 6.54 Å². The molecule has 22 heavy (non-hydrogen) atoms. The van der Waals surface area contributed by atoms with Crippen molar-refractivity contribution >= 4 is 17.2 Å². The molecule has 1 N–H and O–H groups in total. The van der Waals surface area contributed by atoms with Crippen LogP contribution in [0.5, 0.6) is 0 Å². The number of rotatable bonds is 7. The van der Waals surface area contributed by atoms with Gasteiger partial charge in [0, 0.05) is 17.5 Å². The highest BCUT2D eigenvalue weighted by Gasteiger charge is 2.31. The average Bonchev–Trinajstić information content (AvgIpc) is 3.04. The first kappa shape index (κ1) is 17.4. The van der Waals surface area contributed by atoms with Gasteiger partial charge in [0.25, 0.3) is 0 Å². The lowest BCUT2D eigenvalue weighted by molar-refractivity contribution is -0.122. The Morgan fingerprint density at radius 1 is 1.45 bits per heavy atom. The summed E-state index contributed by atoms with van der Waals surface area (Å²) in [6, 6.07) is 4.79. The largest absolute Gasteiger partial charge is 0.355 e. The number of likely N-dealkylation sites (N-methyl/N-ethyl adjacent to an activating group) is 1. The average molecular weight is 324 g/mol. The number of nitrogens with zero attached hydrogens (tertiary/aromatic N) is 2. The second-order valence-electron chi connectivity index (χ2n) is 6.11. The Bertz CT molecular complexity index is 445. The van der Waals surface area contributed by atoms with Crippen LogP contribution < -0.4 is 5.32 Å². The molecule has 0 aliphatic carbocycles. The second kappa shape index (κ2) is 8.65. The molecule has 0 spiro atoms. The predicted molar refractivity (Wildman–Crippen MR) is 93.2 cm³/mol. The Labute approximate surface area is 138 Å². The van der Waals surface area contributed by atoms with Crippen molar-refractivity contribution in [2.24, 2.45) is 5.92 Å². The Morgan fingerprint density at radius 2 is 2.23 bits per heavy atom. The van der Waals surface area contributed by atoms with Crippen LogP contribution in [0.4, 0.5) is 0 Å². The van der Waals surface area contributed by atoms with Gasteiger partial charge in [-0.05, 0) is 56.9 Å². The van der Waals surface area contributed by atoms with E-state index in [1.54, 1.807) is 0 Å². The predicted octanol–water partition coefficient (Wildman–Crippen LogP) is 2.59. The van der Waals surface area contributed by atoms with E-state index < -0.39 is 0 Å². The quantitative estimate of drug-likeness (QED) is 0.838. The fourth-order valence-electron chi connectivity index (χ4n) is 3.33. The van der Waals surface area contributed by atoms with Crippen molar-refractivity contribution in [2.45, 2.75) is 32.7 Å². The van der Waals surface area contributed by atoms with Crippen molar-refractivity contribution < 1.29 is 4.79 Å². The number of likely N-dealkylation sites (tertiary alicyclic amines) is 1. The van der Waals surface area contributed by atoms with Gasteiger partial charge in [-0.3, -0.25) is 14.6 Å². The van der Waals surface area contributed by atoms with Crippen molar-refractivity contribution in [3.05, 3.63) is 22.4 Å². The minimum atomic E-state index is 0.154. The SMILES string of the molecule is CCN(CC)CC(=O)NC[C@H]1CCCN(C)[C@@H]1c1cccs1. The molecule has 2 heterocycles. The zero-order chi connectivity index (χ0) is 15.9. The van der Waals surface area contributed by atoms with Gasteiger partial charge >= 0.3 is 0 Å². The molecule has 124 valence electrons. The lowest BCUT2D eigenvalue weighted by Gasteiger charge is -2.39. The Hall–Kier alpha value is -0.910. The van der Waals surface area contributed by atoms with Gasteiger partial charge in [0.1, 0.15) is 0 Å². The maximum absolute atomic E-state index is 12.1. The second-order valence-corrected chi connectivity index (χ2v) is 7.09. The minimum Gasteiger partial charge on any atom is -0.355 e. The summed E-state index contributed by atoms with van der Waals surface area (Å²) in [5.41, 5.74) is 0. The molecule has 4 nitrogen and oxygen atoms in total. The van der Waals surface area contributed by atoms with Crippen molar-refractivity contribution in [1.29, 1.82) is 0 Å². The van der Waals surface area contributed by atoms with Gasteiger partial charge in [-0.1, -0.05) is 19.9 Å². The van der Waals surface area contributed by atoms with E-state index in [4.69, 9.17) is 0 Å². The number of hydrogen-bond acceptors (Lipinski definition) is 4. The maximum atomic E-state index is 12.1. The van der Waals surface area contributed by atoms with E-state index in [-0.39, 0.29) is 5.91 Å². The van der Waals surface area contributed by atoms with E-state index in [0.29, 0.717) is 18.5 Å². The van der Waals surface area contributed by atoms with Crippen LogP contribution >= 0.6 is 11.3 Å². The molecule has 0 aromatic carbocycles. The number of piperidine rings is 1. The third-order valence-corrected chi connectivity index (χ3v) is 5.61. The van der Waals surface area contributed by atoms with Gasteiger partial charge in [0.2, 0.25) is 5.91 Å². The Kier molecular flexibility index (Phi) is 6.86. The summed E-state index contributed by atoms with van der Waals surface area (Å²) < 4.78 is 0. The molecular formula is C17H29N3OS. The highest BCUT2D eigenvalue weighted by Crippen LogP contribution is 2.36. The van der Waals surface area contributed by atoms with E-state index in [1.165, 1.54) is 17.7 Å². The lowest BCUT2D eigenvalue weighted by Crippen LogP contribution is -2.44. The van der Waals surface area contributed by atoms with Crippen LogP contribution in [0.25, 0.3) is 0 Å². The number of thiophene rings is 1. The summed E-state index contributed by atoms with van der Waals surface area (Å²) >= 11 is 1.83. The van der Waals surface area contributed by atoms with E-state index in [0.717, 1.165) is 26.2 Å². The molecular weight excluding hydrogens is 294 g/mol. The van der Waals surface area contributed by atoms with E-state index in [1.807, 2.05) is 11.3 Å². The normalized spacial score (nSPS) is 22.9. The van der Waals surface area contributed by atoms with Gasteiger partial charge in [-0.25, -0.2) is 0 Å². The van der Waals surface area contributed by atoms with Crippen LogP contribution in [0.2, 0.25) is 0 Å². The molecule has 0 radical (unpaired) electrons. The van der Waals surface area contributed by atoms with Crippen molar-refractivity contribution in [2.75, 3.05) is 39.8 Å². The van der Waals surface area contributed by atoms with Crippen LogP contribution in [0, 0.1) is 5.92 Å².